The molecule has 0 spiro atoms. The maximum Gasteiger partial charge on any atom is 0.0488 e. The summed E-state index contributed by atoms with van der Waals surface area (Å²) in [6, 6.07) is 8.81. The molecule has 18 heavy (non-hydrogen) atoms. The number of rotatable bonds is 8. The van der Waals surface area contributed by atoms with E-state index in [4.69, 9.17) is 11.6 Å². The van der Waals surface area contributed by atoms with E-state index in [9.17, 15) is 0 Å². The van der Waals surface area contributed by atoms with Gasteiger partial charge in [0.15, 0.2) is 0 Å². The molecule has 0 heterocycles. The summed E-state index contributed by atoms with van der Waals surface area (Å²) < 4.78 is 0. The summed E-state index contributed by atoms with van der Waals surface area (Å²) in [5, 5.41) is 3.70. The third kappa shape index (κ3) is 4.99. The number of halogens is 1. The number of alkyl halides is 1. The summed E-state index contributed by atoms with van der Waals surface area (Å²) in [7, 11) is 0. The Morgan fingerprint density at radius 3 is 2.06 bits per heavy atom. The minimum absolute atomic E-state index is 0.245. The van der Waals surface area contributed by atoms with Crippen LogP contribution in [0.4, 0.5) is 0 Å². The maximum absolute atomic E-state index is 6.40. The zero-order valence-electron chi connectivity index (χ0n) is 11.9. The summed E-state index contributed by atoms with van der Waals surface area (Å²) in [6.07, 6.45) is 3.43. The van der Waals surface area contributed by atoms with Gasteiger partial charge in [-0.3, -0.25) is 0 Å². The molecule has 1 aromatic rings. The highest BCUT2D eigenvalue weighted by molar-refractivity contribution is 6.21. The van der Waals surface area contributed by atoms with Crippen LogP contribution in [-0.4, -0.2) is 11.9 Å². The first-order chi connectivity index (χ1) is 8.71. The minimum Gasteiger partial charge on any atom is -0.311 e. The summed E-state index contributed by atoms with van der Waals surface area (Å²) in [5.41, 5.74) is 2.73. The van der Waals surface area contributed by atoms with Crippen LogP contribution in [0, 0.1) is 5.92 Å². The first-order valence-corrected chi connectivity index (χ1v) is 7.57. The van der Waals surface area contributed by atoms with Crippen LogP contribution in [0.15, 0.2) is 24.3 Å². The summed E-state index contributed by atoms with van der Waals surface area (Å²) >= 11 is 6.40. The van der Waals surface area contributed by atoms with Crippen molar-refractivity contribution < 1.29 is 0 Å². The molecule has 0 aliphatic heterocycles. The van der Waals surface area contributed by atoms with E-state index < -0.39 is 0 Å². The van der Waals surface area contributed by atoms with Crippen molar-refractivity contribution in [3.8, 4) is 0 Å². The fraction of sp³-hybridized carbons (Fsp3) is 0.625. The van der Waals surface area contributed by atoms with Gasteiger partial charge in [0.1, 0.15) is 0 Å². The lowest BCUT2D eigenvalue weighted by Crippen LogP contribution is -2.28. The van der Waals surface area contributed by atoms with Crippen LogP contribution >= 0.6 is 11.6 Å². The van der Waals surface area contributed by atoms with Gasteiger partial charge in [-0.2, -0.15) is 0 Å². The van der Waals surface area contributed by atoms with Crippen molar-refractivity contribution in [3.63, 3.8) is 0 Å². The molecule has 102 valence electrons. The molecule has 0 bridgehead atoms. The maximum atomic E-state index is 6.40. The monoisotopic (exact) mass is 267 g/mol. The molecule has 1 unspecified atom stereocenters. The zero-order valence-corrected chi connectivity index (χ0v) is 12.6. The molecular weight excluding hydrogens is 242 g/mol. The number of benzene rings is 1. The molecule has 0 aliphatic carbocycles. The Bertz CT molecular complexity index is 316. The lowest BCUT2D eigenvalue weighted by Gasteiger charge is -2.19. The Morgan fingerprint density at radius 1 is 1.00 bits per heavy atom. The molecule has 0 saturated heterocycles. The predicted molar refractivity (Wildman–Crippen MR) is 81.2 cm³/mol. The number of hydrogen-bond donors (Lipinski definition) is 1. The molecule has 1 nitrogen and oxygen atoms in total. The summed E-state index contributed by atoms with van der Waals surface area (Å²) in [5.74, 6) is 0.627. The Labute approximate surface area is 117 Å². The van der Waals surface area contributed by atoms with E-state index in [1.165, 1.54) is 11.1 Å². The van der Waals surface area contributed by atoms with Gasteiger partial charge in [-0.15, -0.1) is 11.6 Å². The molecule has 0 amide bonds. The van der Waals surface area contributed by atoms with Crippen molar-refractivity contribution >= 4 is 11.6 Å². The fourth-order valence-corrected chi connectivity index (χ4v) is 2.68. The molecule has 1 atom stereocenters. The van der Waals surface area contributed by atoms with Gasteiger partial charge in [-0.25, -0.2) is 0 Å². The van der Waals surface area contributed by atoms with Crippen molar-refractivity contribution in [2.24, 2.45) is 5.92 Å². The number of aryl methyl sites for hydroxylation is 1. The van der Waals surface area contributed by atoms with Crippen LogP contribution < -0.4 is 5.32 Å². The van der Waals surface area contributed by atoms with Gasteiger partial charge in [0.05, 0.1) is 0 Å². The van der Waals surface area contributed by atoms with E-state index in [1.807, 2.05) is 0 Å². The third-order valence-electron chi connectivity index (χ3n) is 3.66. The number of nitrogens with one attached hydrogen (secondary N) is 1. The highest BCUT2D eigenvalue weighted by Crippen LogP contribution is 2.17. The SMILES string of the molecule is CCc1ccc(CNCC(Cl)C(CC)CC)cc1. The third-order valence-corrected chi connectivity index (χ3v) is 4.17. The second-order valence-corrected chi connectivity index (χ2v) is 5.45. The van der Waals surface area contributed by atoms with Crippen LogP contribution in [0.25, 0.3) is 0 Å². The summed E-state index contributed by atoms with van der Waals surface area (Å²) in [6.45, 7) is 8.41. The largest absolute Gasteiger partial charge is 0.311 e. The molecule has 0 radical (unpaired) electrons. The van der Waals surface area contributed by atoms with Gasteiger partial charge in [-0.05, 0) is 23.5 Å². The lowest BCUT2D eigenvalue weighted by molar-refractivity contribution is 0.446. The normalized spacial score (nSPS) is 12.9. The molecule has 0 aliphatic rings. The van der Waals surface area contributed by atoms with E-state index in [-0.39, 0.29) is 5.38 Å². The second kappa shape index (κ2) is 8.55. The first-order valence-electron chi connectivity index (χ1n) is 7.13. The van der Waals surface area contributed by atoms with Crippen LogP contribution in [0.5, 0.6) is 0 Å². The number of hydrogen-bond acceptors (Lipinski definition) is 1. The summed E-state index contributed by atoms with van der Waals surface area (Å²) in [4.78, 5) is 0. The van der Waals surface area contributed by atoms with Crippen LogP contribution in [0.1, 0.15) is 44.7 Å². The molecule has 0 aromatic heterocycles. The van der Waals surface area contributed by atoms with Gasteiger partial charge in [0, 0.05) is 18.5 Å². The highest BCUT2D eigenvalue weighted by Gasteiger charge is 2.14. The molecule has 2 heteroatoms. The average Bonchev–Trinajstić information content (AvgIpc) is 2.41. The van der Waals surface area contributed by atoms with Crippen LogP contribution in [0.2, 0.25) is 0 Å². The van der Waals surface area contributed by atoms with Gasteiger partial charge in [0.2, 0.25) is 0 Å². The zero-order chi connectivity index (χ0) is 13.4. The minimum atomic E-state index is 0.245. The van der Waals surface area contributed by atoms with Gasteiger partial charge >= 0.3 is 0 Å². The van der Waals surface area contributed by atoms with E-state index in [0.717, 1.165) is 32.4 Å². The van der Waals surface area contributed by atoms with Crippen molar-refractivity contribution in [3.05, 3.63) is 35.4 Å². The van der Waals surface area contributed by atoms with Gasteiger partial charge in [-0.1, -0.05) is 57.9 Å². The molecule has 0 saturated carbocycles. The Balaban J connectivity index is 2.32. The molecule has 1 N–H and O–H groups in total. The van der Waals surface area contributed by atoms with Crippen molar-refractivity contribution in [1.82, 2.24) is 5.32 Å². The van der Waals surface area contributed by atoms with Gasteiger partial charge in [0.25, 0.3) is 0 Å². The Morgan fingerprint density at radius 2 is 1.56 bits per heavy atom. The lowest BCUT2D eigenvalue weighted by atomic mass is 9.99. The smallest absolute Gasteiger partial charge is 0.0488 e. The standard InChI is InChI=1S/C16H26ClN/c1-4-13-7-9-14(10-8-13)11-18-12-16(17)15(5-2)6-3/h7-10,15-16,18H,4-6,11-12H2,1-3H3. The van der Waals surface area contributed by atoms with Crippen LogP contribution in [0.3, 0.4) is 0 Å². The van der Waals surface area contributed by atoms with Crippen molar-refractivity contribution in [2.45, 2.75) is 52.0 Å². The van der Waals surface area contributed by atoms with E-state index in [1.54, 1.807) is 0 Å². The second-order valence-electron chi connectivity index (χ2n) is 4.89. The first kappa shape index (κ1) is 15.5. The van der Waals surface area contributed by atoms with Crippen molar-refractivity contribution in [1.29, 1.82) is 0 Å². The quantitative estimate of drug-likeness (QED) is 0.689. The fourth-order valence-electron chi connectivity index (χ4n) is 2.21. The molecular formula is C16H26ClN. The Kier molecular flexibility index (Phi) is 7.38. The average molecular weight is 268 g/mol. The van der Waals surface area contributed by atoms with E-state index in [0.29, 0.717) is 5.92 Å². The van der Waals surface area contributed by atoms with E-state index in [2.05, 4.69) is 50.4 Å². The molecule has 0 fully saturated rings. The highest BCUT2D eigenvalue weighted by atomic mass is 35.5. The van der Waals surface area contributed by atoms with Gasteiger partial charge < -0.3 is 5.32 Å². The Hall–Kier alpha value is -0.530. The topological polar surface area (TPSA) is 12.0 Å². The predicted octanol–water partition coefficient (Wildman–Crippen LogP) is 4.38. The molecule has 1 aromatic carbocycles. The molecule has 1 rings (SSSR count). The van der Waals surface area contributed by atoms with E-state index >= 15 is 0 Å². The van der Waals surface area contributed by atoms with Crippen molar-refractivity contribution in [2.75, 3.05) is 6.54 Å². The van der Waals surface area contributed by atoms with Crippen LogP contribution in [-0.2, 0) is 13.0 Å².